The zero-order valence-corrected chi connectivity index (χ0v) is 12.7. The highest BCUT2D eigenvalue weighted by atomic mass is 35.5. The van der Waals surface area contributed by atoms with E-state index in [1.54, 1.807) is 12.1 Å². The van der Waals surface area contributed by atoms with Crippen LogP contribution in [0.5, 0.6) is 5.75 Å². The highest BCUT2D eigenvalue weighted by molar-refractivity contribution is 6.30. The molecule has 20 heavy (non-hydrogen) atoms. The Morgan fingerprint density at radius 1 is 1.10 bits per heavy atom. The largest absolute Gasteiger partial charge is 0.488 e. The van der Waals surface area contributed by atoms with E-state index in [1.807, 2.05) is 24.3 Å². The fourth-order valence-electron chi connectivity index (χ4n) is 2.01. The molecule has 2 aromatic carbocycles. The molecule has 0 aliphatic rings. The van der Waals surface area contributed by atoms with E-state index in [0.717, 1.165) is 11.3 Å². The first-order chi connectivity index (χ1) is 9.38. The number of halogens is 2. The van der Waals surface area contributed by atoms with Crippen molar-refractivity contribution in [1.29, 1.82) is 0 Å². The van der Waals surface area contributed by atoms with Gasteiger partial charge in [0.15, 0.2) is 0 Å². The van der Waals surface area contributed by atoms with Crippen molar-refractivity contribution in [1.82, 2.24) is 0 Å². The second-order valence-corrected chi connectivity index (χ2v) is 6.21. The number of rotatable bonds is 3. The molecule has 0 atom stereocenters. The highest BCUT2D eigenvalue weighted by Gasteiger charge is 2.18. The Labute approximate surface area is 124 Å². The van der Waals surface area contributed by atoms with Gasteiger partial charge in [-0.25, -0.2) is 4.39 Å². The first kappa shape index (κ1) is 14.9. The standard InChI is InChI=1S/C17H18ClFO/c1-17(2,3)14-6-4-5-7-16(14)20-11-12-8-9-13(18)10-15(12)19/h4-10H,11H2,1-3H3. The van der Waals surface area contributed by atoms with Gasteiger partial charge in [-0.1, -0.05) is 56.6 Å². The van der Waals surface area contributed by atoms with Crippen molar-refractivity contribution in [3.8, 4) is 5.75 Å². The van der Waals surface area contributed by atoms with Gasteiger partial charge in [-0.15, -0.1) is 0 Å². The van der Waals surface area contributed by atoms with Crippen LogP contribution in [0.2, 0.25) is 5.02 Å². The third-order valence-electron chi connectivity index (χ3n) is 3.09. The maximum atomic E-state index is 13.7. The summed E-state index contributed by atoms with van der Waals surface area (Å²) in [6.07, 6.45) is 0. The van der Waals surface area contributed by atoms with E-state index in [2.05, 4.69) is 20.8 Å². The van der Waals surface area contributed by atoms with Gasteiger partial charge in [0.2, 0.25) is 0 Å². The van der Waals surface area contributed by atoms with Gasteiger partial charge >= 0.3 is 0 Å². The van der Waals surface area contributed by atoms with Gasteiger partial charge in [0.05, 0.1) is 0 Å². The Balaban J connectivity index is 2.19. The minimum absolute atomic E-state index is 0.0187. The molecule has 2 rings (SSSR count). The Morgan fingerprint density at radius 2 is 1.80 bits per heavy atom. The Morgan fingerprint density at radius 3 is 2.45 bits per heavy atom. The second kappa shape index (κ2) is 5.84. The van der Waals surface area contributed by atoms with Crippen LogP contribution in [0.1, 0.15) is 31.9 Å². The molecule has 0 aliphatic heterocycles. The van der Waals surface area contributed by atoms with Gasteiger partial charge < -0.3 is 4.74 Å². The molecule has 3 heteroatoms. The summed E-state index contributed by atoms with van der Waals surface area (Å²) in [5.74, 6) is 0.445. The van der Waals surface area contributed by atoms with Crippen molar-refractivity contribution in [2.24, 2.45) is 0 Å². The monoisotopic (exact) mass is 292 g/mol. The van der Waals surface area contributed by atoms with Crippen LogP contribution in [0.15, 0.2) is 42.5 Å². The zero-order chi connectivity index (χ0) is 14.8. The topological polar surface area (TPSA) is 9.23 Å². The van der Waals surface area contributed by atoms with Gasteiger partial charge in [0, 0.05) is 10.6 Å². The molecular formula is C17H18ClFO. The molecule has 0 heterocycles. The molecule has 0 radical (unpaired) electrons. The van der Waals surface area contributed by atoms with Gasteiger partial charge in [-0.05, 0) is 29.2 Å². The molecule has 1 nitrogen and oxygen atoms in total. The SMILES string of the molecule is CC(C)(C)c1ccccc1OCc1ccc(Cl)cc1F. The first-order valence-corrected chi connectivity index (χ1v) is 6.92. The summed E-state index contributed by atoms with van der Waals surface area (Å²) < 4.78 is 19.5. The summed E-state index contributed by atoms with van der Waals surface area (Å²) in [5.41, 5.74) is 1.59. The van der Waals surface area contributed by atoms with Crippen molar-refractivity contribution >= 4 is 11.6 Å². The van der Waals surface area contributed by atoms with Crippen molar-refractivity contribution in [2.75, 3.05) is 0 Å². The van der Waals surface area contributed by atoms with Crippen molar-refractivity contribution in [3.05, 3.63) is 64.4 Å². The summed E-state index contributed by atoms with van der Waals surface area (Å²) in [7, 11) is 0. The van der Waals surface area contributed by atoms with Gasteiger partial charge in [-0.3, -0.25) is 0 Å². The summed E-state index contributed by atoms with van der Waals surface area (Å²) in [4.78, 5) is 0. The average Bonchev–Trinajstić information content (AvgIpc) is 2.37. The maximum Gasteiger partial charge on any atom is 0.131 e. The number of benzene rings is 2. The first-order valence-electron chi connectivity index (χ1n) is 6.54. The van der Waals surface area contributed by atoms with Crippen LogP contribution in [0.3, 0.4) is 0 Å². The average molecular weight is 293 g/mol. The summed E-state index contributed by atoms with van der Waals surface area (Å²) in [6.45, 7) is 6.56. The molecule has 0 unspecified atom stereocenters. The number of hydrogen-bond acceptors (Lipinski definition) is 1. The van der Waals surface area contributed by atoms with Crippen LogP contribution in [-0.2, 0) is 12.0 Å². The minimum Gasteiger partial charge on any atom is -0.488 e. The molecule has 0 spiro atoms. The lowest BCUT2D eigenvalue weighted by atomic mass is 9.86. The molecule has 0 saturated heterocycles. The number of para-hydroxylation sites is 1. The van der Waals surface area contributed by atoms with Gasteiger partial charge in [0.25, 0.3) is 0 Å². The highest BCUT2D eigenvalue weighted by Crippen LogP contribution is 2.31. The Kier molecular flexibility index (Phi) is 4.34. The molecular weight excluding hydrogens is 275 g/mol. The summed E-state index contributed by atoms with van der Waals surface area (Å²) in [5, 5.41) is 0.390. The molecule has 0 aliphatic carbocycles. The predicted molar refractivity (Wildman–Crippen MR) is 80.9 cm³/mol. The fraction of sp³-hybridized carbons (Fsp3) is 0.294. The molecule has 0 bridgehead atoms. The van der Waals surface area contributed by atoms with Crippen LogP contribution in [0, 0.1) is 5.82 Å². The van der Waals surface area contributed by atoms with Crippen LogP contribution >= 0.6 is 11.6 Å². The second-order valence-electron chi connectivity index (χ2n) is 5.77. The Hall–Kier alpha value is -1.54. The third-order valence-corrected chi connectivity index (χ3v) is 3.33. The molecule has 0 amide bonds. The smallest absolute Gasteiger partial charge is 0.131 e. The molecule has 0 saturated carbocycles. The molecule has 0 N–H and O–H groups in total. The van der Waals surface area contributed by atoms with Crippen LogP contribution in [-0.4, -0.2) is 0 Å². The summed E-state index contributed by atoms with van der Waals surface area (Å²) in [6, 6.07) is 12.5. The number of hydrogen-bond donors (Lipinski definition) is 0. The van der Waals surface area contributed by atoms with Gasteiger partial charge in [-0.2, -0.15) is 0 Å². The van der Waals surface area contributed by atoms with Crippen LogP contribution in [0.4, 0.5) is 4.39 Å². The van der Waals surface area contributed by atoms with E-state index in [0.29, 0.717) is 10.6 Å². The van der Waals surface area contributed by atoms with E-state index in [-0.39, 0.29) is 17.8 Å². The third kappa shape index (κ3) is 3.51. The Bertz CT molecular complexity index is 602. The molecule has 0 fully saturated rings. The van der Waals surface area contributed by atoms with E-state index >= 15 is 0 Å². The normalized spacial score (nSPS) is 11.4. The van der Waals surface area contributed by atoms with E-state index < -0.39 is 0 Å². The van der Waals surface area contributed by atoms with E-state index in [9.17, 15) is 4.39 Å². The minimum atomic E-state index is -0.342. The molecule has 106 valence electrons. The van der Waals surface area contributed by atoms with E-state index in [1.165, 1.54) is 6.07 Å². The number of ether oxygens (including phenoxy) is 1. The van der Waals surface area contributed by atoms with Crippen molar-refractivity contribution in [3.63, 3.8) is 0 Å². The maximum absolute atomic E-state index is 13.7. The summed E-state index contributed by atoms with van der Waals surface area (Å²) >= 11 is 5.74. The zero-order valence-electron chi connectivity index (χ0n) is 11.9. The van der Waals surface area contributed by atoms with Gasteiger partial charge in [0.1, 0.15) is 18.2 Å². The fourth-order valence-corrected chi connectivity index (χ4v) is 2.17. The molecule has 0 aromatic heterocycles. The van der Waals surface area contributed by atoms with Crippen molar-refractivity contribution < 1.29 is 9.13 Å². The van der Waals surface area contributed by atoms with E-state index in [4.69, 9.17) is 16.3 Å². The predicted octanol–water partition coefficient (Wildman–Crippen LogP) is 5.36. The quantitative estimate of drug-likeness (QED) is 0.740. The van der Waals surface area contributed by atoms with Crippen LogP contribution in [0.25, 0.3) is 0 Å². The lowest BCUT2D eigenvalue weighted by molar-refractivity contribution is 0.292. The van der Waals surface area contributed by atoms with Crippen molar-refractivity contribution in [2.45, 2.75) is 32.8 Å². The lowest BCUT2D eigenvalue weighted by Gasteiger charge is -2.22. The molecule has 2 aromatic rings. The lowest BCUT2D eigenvalue weighted by Crippen LogP contribution is -2.13. The van der Waals surface area contributed by atoms with Crippen LogP contribution < -0.4 is 4.74 Å².